The van der Waals surface area contributed by atoms with Crippen molar-refractivity contribution in [1.29, 1.82) is 0 Å². The van der Waals surface area contributed by atoms with Gasteiger partial charge in [0.05, 0.1) is 12.2 Å². The molecule has 3 rings (SSSR count). The molecule has 0 aromatic heterocycles. The maximum Gasteiger partial charge on any atom is 0.0726 e. The smallest absolute Gasteiger partial charge is 0.0726 e. The second kappa shape index (κ2) is 5.74. The molecule has 1 aromatic carbocycles. The zero-order valence-corrected chi connectivity index (χ0v) is 12.9. The Labute approximate surface area is 122 Å². The maximum absolute atomic E-state index is 5.85. The Bertz CT molecular complexity index is 460. The van der Waals surface area contributed by atoms with Gasteiger partial charge < -0.3 is 15.0 Å². The summed E-state index contributed by atoms with van der Waals surface area (Å²) in [7, 11) is 0. The Morgan fingerprint density at radius 2 is 1.90 bits per heavy atom. The van der Waals surface area contributed by atoms with Gasteiger partial charge in [-0.2, -0.15) is 0 Å². The van der Waals surface area contributed by atoms with Crippen LogP contribution in [0.3, 0.4) is 0 Å². The summed E-state index contributed by atoms with van der Waals surface area (Å²) in [5.74, 6) is 0. The van der Waals surface area contributed by atoms with Crippen molar-refractivity contribution in [3.05, 3.63) is 29.3 Å². The summed E-state index contributed by atoms with van der Waals surface area (Å²) in [6, 6.07) is 7.59. The highest BCUT2D eigenvalue weighted by Crippen LogP contribution is 2.27. The van der Waals surface area contributed by atoms with E-state index in [2.05, 4.69) is 49.2 Å². The van der Waals surface area contributed by atoms with Crippen LogP contribution in [0.1, 0.15) is 37.8 Å². The van der Waals surface area contributed by atoms with Crippen molar-refractivity contribution >= 4 is 5.69 Å². The monoisotopic (exact) mass is 274 g/mol. The zero-order valence-electron chi connectivity index (χ0n) is 12.9. The number of ether oxygens (including phenoxy) is 1. The lowest BCUT2D eigenvalue weighted by Gasteiger charge is -2.38. The quantitative estimate of drug-likeness (QED) is 0.913. The van der Waals surface area contributed by atoms with Crippen LogP contribution in [0.5, 0.6) is 0 Å². The van der Waals surface area contributed by atoms with Crippen molar-refractivity contribution in [2.45, 2.75) is 58.4 Å². The number of anilines is 1. The normalized spacial score (nSPS) is 26.9. The topological polar surface area (TPSA) is 24.5 Å². The molecular formula is C17H26N2O. The van der Waals surface area contributed by atoms with E-state index >= 15 is 0 Å². The number of rotatable bonds is 4. The van der Waals surface area contributed by atoms with E-state index in [1.165, 1.54) is 29.7 Å². The molecule has 3 nitrogen and oxygen atoms in total. The number of nitrogens with zero attached hydrogens (tertiary/aromatic N) is 1. The fourth-order valence-corrected chi connectivity index (χ4v) is 3.08. The minimum absolute atomic E-state index is 0.310. The Morgan fingerprint density at radius 1 is 1.20 bits per heavy atom. The van der Waals surface area contributed by atoms with Crippen LogP contribution in [0.4, 0.5) is 5.69 Å². The summed E-state index contributed by atoms with van der Waals surface area (Å²) in [5.41, 5.74) is 4.15. The maximum atomic E-state index is 5.85. The summed E-state index contributed by atoms with van der Waals surface area (Å²) in [6.45, 7) is 9.47. The van der Waals surface area contributed by atoms with Gasteiger partial charge in [-0.3, -0.25) is 0 Å². The van der Waals surface area contributed by atoms with Crippen LogP contribution in [0.2, 0.25) is 0 Å². The molecule has 1 aliphatic heterocycles. The third kappa shape index (κ3) is 3.33. The lowest BCUT2D eigenvalue weighted by Crippen LogP contribution is -2.46. The van der Waals surface area contributed by atoms with Gasteiger partial charge in [-0.15, -0.1) is 0 Å². The van der Waals surface area contributed by atoms with E-state index in [0.29, 0.717) is 12.2 Å². The van der Waals surface area contributed by atoms with E-state index in [1.807, 2.05) is 0 Å². The number of aryl methyl sites for hydroxylation is 1. The van der Waals surface area contributed by atoms with E-state index in [4.69, 9.17) is 4.74 Å². The van der Waals surface area contributed by atoms with E-state index in [-0.39, 0.29) is 0 Å². The molecule has 1 saturated heterocycles. The van der Waals surface area contributed by atoms with Crippen LogP contribution in [-0.4, -0.2) is 31.3 Å². The van der Waals surface area contributed by atoms with E-state index in [9.17, 15) is 0 Å². The first-order valence-electron chi connectivity index (χ1n) is 7.85. The van der Waals surface area contributed by atoms with Crippen molar-refractivity contribution < 1.29 is 4.74 Å². The van der Waals surface area contributed by atoms with Crippen molar-refractivity contribution in [3.8, 4) is 0 Å². The Balaban J connectivity index is 1.79. The molecular weight excluding hydrogens is 248 g/mol. The molecule has 20 heavy (non-hydrogen) atoms. The molecule has 2 atom stereocenters. The van der Waals surface area contributed by atoms with Crippen molar-refractivity contribution in [2.75, 3.05) is 18.0 Å². The minimum atomic E-state index is 0.310. The van der Waals surface area contributed by atoms with Gasteiger partial charge in [-0.25, -0.2) is 0 Å². The molecule has 0 bridgehead atoms. The lowest BCUT2D eigenvalue weighted by molar-refractivity contribution is -0.00526. The molecule has 3 heteroatoms. The number of morpholine rings is 1. The molecule has 1 aliphatic carbocycles. The Hall–Kier alpha value is -1.06. The summed E-state index contributed by atoms with van der Waals surface area (Å²) >= 11 is 0. The second-order valence-electron chi connectivity index (χ2n) is 6.45. The first kappa shape index (κ1) is 13.9. The molecule has 110 valence electrons. The van der Waals surface area contributed by atoms with Gasteiger partial charge in [0.1, 0.15) is 0 Å². The van der Waals surface area contributed by atoms with Gasteiger partial charge in [0.25, 0.3) is 0 Å². The van der Waals surface area contributed by atoms with Crippen LogP contribution >= 0.6 is 0 Å². The highest BCUT2D eigenvalue weighted by atomic mass is 16.5. The van der Waals surface area contributed by atoms with Gasteiger partial charge in [-0.1, -0.05) is 17.7 Å². The average Bonchev–Trinajstić information content (AvgIpc) is 3.19. The predicted molar refractivity (Wildman–Crippen MR) is 83.3 cm³/mol. The minimum Gasteiger partial charge on any atom is -0.372 e. The molecule has 0 spiro atoms. The first-order valence-corrected chi connectivity index (χ1v) is 7.85. The van der Waals surface area contributed by atoms with Crippen LogP contribution < -0.4 is 10.2 Å². The predicted octanol–water partition coefficient (Wildman–Crippen LogP) is 2.86. The summed E-state index contributed by atoms with van der Waals surface area (Å²) in [5, 5.41) is 3.64. The summed E-state index contributed by atoms with van der Waals surface area (Å²) < 4.78 is 5.85. The van der Waals surface area contributed by atoms with E-state index < -0.39 is 0 Å². The zero-order chi connectivity index (χ0) is 14.1. The summed E-state index contributed by atoms with van der Waals surface area (Å²) in [4.78, 5) is 2.49. The van der Waals surface area contributed by atoms with Gasteiger partial charge >= 0.3 is 0 Å². The third-order valence-electron chi connectivity index (χ3n) is 4.15. The van der Waals surface area contributed by atoms with Gasteiger partial charge in [0.15, 0.2) is 0 Å². The van der Waals surface area contributed by atoms with Crippen molar-refractivity contribution in [1.82, 2.24) is 5.32 Å². The van der Waals surface area contributed by atoms with E-state index in [0.717, 1.165) is 25.7 Å². The number of nitrogens with one attached hydrogen (secondary N) is 1. The number of hydrogen-bond donors (Lipinski definition) is 1. The molecule has 1 aromatic rings. The van der Waals surface area contributed by atoms with Crippen LogP contribution in [-0.2, 0) is 11.3 Å². The molecule has 1 heterocycles. The third-order valence-corrected chi connectivity index (χ3v) is 4.15. The van der Waals surface area contributed by atoms with E-state index in [1.54, 1.807) is 0 Å². The fraction of sp³-hybridized carbons (Fsp3) is 0.647. The van der Waals surface area contributed by atoms with Crippen molar-refractivity contribution in [2.24, 2.45) is 0 Å². The fourth-order valence-electron chi connectivity index (χ4n) is 3.08. The average molecular weight is 274 g/mol. The SMILES string of the molecule is Cc1ccc(N2CC(C)OC(C)C2)c(CNC2CC2)c1. The van der Waals surface area contributed by atoms with Gasteiger partial charge in [-0.05, 0) is 45.2 Å². The highest BCUT2D eigenvalue weighted by molar-refractivity contribution is 5.55. The molecule has 2 unspecified atom stereocenters. The second-order valence-corrected chi connectivity index (χ2v) is 6.45. The molecule has 0 amide bonds. The Kier molecular flexibility index (Phi) is 3.99. The van der Waals surface area contributed by atoms with Crippen LogP contribution in [0.25, 0.3) is 0 Å². The van der Waals surface area contributed by atoms with Crippen molar-refractivity contribution in [3.63, 3.8) is 0 Å². The van der Waals surface area contributed by atoms with Gasteiger partial charge in [0.2, 0.25) is 0 Å². The lowest BCUT2D eigenvalue weighted by atomic mass is 10.1. The molecule has 0 radical (unpaired) electrons. The standard InChI is InChI=1S/C17H26N2O/c1-12-4-7-17(15(8-12)9-18-16-5-6-16)19-10-13(2)20-14(3)11-19/h4,7-8,13-14,16,18H,5-6,9-11H2,1-3H3. The Morgan fingerprint density at radius 3 is 2.55 bits per heavy atom. The summed E-state index contributed by atoms with van der Waals surface area (Å²) in [6.07, 6.45) is 3.30. The molecule has 1 saturated carbocycles. The van der Waals surface area contributed by atoms with Crippen LogP contribution in [0.15, 0.2) is 18.2 Å². The highest BCUT2D eigenvalue weighted by Gasteiger charge is 2.25. The molecule has 1 N–H and O–H groups in total. The molecule has 2 aliphatic rings. The number of benzene rings is 1. The largest absolute Gasteiger partial charge is 0.372 e. The number of hydrogen-bond acceptors (Lipinski definition) is 3. The van der Waals surface area contributed by atoms with Gasteiger partial charge in [0, 0.05) is 31.4 Å². The molecule has 2 fully saturated rings. The van der Waals surface area contributed by atoms with Crippen LogP contribution in [0, 0.1) is 6.92 Å². The first-order chi connectivity index (χ1) is 9.61.